The van der Waals surface area contributed by atoms with Crippen LogP contribution in [0.25, 0.3) is 17.3 Å². The molecular weight excluding hydrogens is 288 g/mol. The molecule has 4 heteroatoms. The van der Waals surface area contributed by atoms with Crippen molar-refractivity contribution in [3.8, 4) is 5.75 Å². The summed E-state index contributed by atoms with van der Waals surface area (Å²) in [6, 6.07) is 13.7. The predicted molar refractivity (Wildman–Crippen MR) is 90.6 cm³/mol. The number of hydrogen-bond acceptors (Lipinski definition) is 3. The molecule has 1 aromatic carbocycles. The summed E-state index contributed by atoms with van der Waals surface area (Å²) in [6.45, 7) is 0. The number of hydrogen-bond donors (Lipinski definition) is 0. The van der Waals surface area contributed by atoms with Crippen LogP contribution in [-0.2, 0) is 6.42 Å². The lowest BCUT2D eigenvalue weighted by atomic mass is 10.1. The third kappa shape index (κ3) is 2.23. The number of nitrogens with zero attached hydrogens (tertiary/aromatic N) is 2. The molecule has 0 saturated carbocycles. The van der Waals surface area contributed by atoms with Gasteiger partial charge in [0.25, 0.3) is 5.56 Å². The molecule has 2 heterocycles. The van der Waals surface area contributed by atoms with Gasteiger partial charge in [-0.2, -0.15) is 0 Å². The summed E-state index contributed by atoms with van der Waals surface area (Å²) in [7, 11) is 1.59. The smallest absolute Gasteiger partial charge is 0.261 e. The first kappa shape index (κ1) is 13.8. The van der Waals surface area contributed by atoms with Gasteiger partial charge in [0.2, 0.25) is 0 Å². The van der Waals surface area contributed by atoms with Gasteiger partial charge in [0.15, 0.2) is 11.4 Å². The standard InChI is InChI=1S/C19H16N2O2/c1-23-16-8-5-11-21-18(16)20-17-14(9-10-15(17)19(21)22)12-13-6-3-2-4-7-13/h2-8,11-12H,9-10H2,1H3. The Bertz CT molecular complexity index is 972. The third-order valence-electron chi connectivity index (χ3n) is 4.22. The van der Waals surface area contributed by atoms with Gasteiger partial charge in [0.05, 0.1) is 12.8 Å². The molecule has 3 aromatic rings. The van der Waals surface area contributed by atoms with Crippen LogP contribution >= 0.6 is 0 Å². The van der Waals surface area contributed by atoms with E-state index in [4.69, 9.17) is 9.72 Å². The molecule has 0 fully saturated rings. The van der Waals surface area contributed by atoms with Crippen LogP contribution in [0.3, 0.4) is 0 Å². The number of methoxy groups -OCH3 is 1. The Morgan fingerprint density at radius 1 is 1.13 bits per heavy atom. The molecule has 0 amide bonds. The lowest BCUT2D eigenvalue weighted by Gasteiger charge is -2.08. The normalized spacial score (nSPS) is 15.1. The zero-order valence-corrected chi connectivity index (χ0v) is 12.8. The van der Waals surface area contributed by atoms with Crippen molar-refractivity contribution in [2.24, 2.45) is 0 Å². The van der Waals surface area contributed by atoms with Gasteiger partial charge in [-0.15, -0.1) is 0 Å². The van der Waals surface area contributed by atoms with Gasteiger partial charge < -0.3 is 4.74 Å². The summed E-state index contributed by atoms with van der Waals surface area (Å²) in [5.41, 5.74) is 4.40. The molecule has 114 valence electrons. The Kier molecular flexibility index (Phi) is 3.23. The Morgan fingerprint density at radius 3 is 2.74 bits per heavy atom. The molecule has 4 nitrogen and oxygen atoms in total. The first-order valence-corrected chi connectivity index (χ1v) is 7.62. The highest BCUT2D eigenvalue weighted by Crippen LogP contribution is 2.31. The van der Waals surface area contributed by atoms with Gasteiger partial charge in [0.1, 0.15) is 0 Å². The second-order valence-electron chi connectivity index (χ2n) is 5.59. The van der Waals surface area contributed by atoms with Crippen molar-refractivity contribution >= 4 is 17.3 Å². The SMILES string of the molecule is COc1cccn2c(=O)c3c(nc12)C(=Cc1ccccc1)CC3. The summed E-state index contributed by atoms with van der Waals surface area (Å²) >= 11 is 0. The van der Waals surface area contributed by atoms with Crippen molar-refractivity contribution in [1.82, 2.24) is 9.38 Å². The van der Waals surface area contributed by atoms with Crippen molar-refractivity contribution < 1.29 is 4.74 Å². The number of fused-ring (bicyclic) bond motifs is 2. The lowest BCUT2D eigenvalue weighted by molar-refractivity contribution is 0.416. The minimum Gasteiger partial charge on any atom is -0.493 e. The molecule has 1 aliphatic carbocycles. The van der Waals surface area contributed by atoms with Crippen LogP contribution < -0.4 is 10.3 Å². The van der Waals surface area contributed by atoms with Crippen LogP contribution in [0.1, 0.15) is 23.2 Å². The number of ether oxygens (including phenoxy) is 1. The fourth-order valence-corrected chi connectivity index (χ4v) is 3.09. The minimum atomic E-state index is 0.000335. The van der Waals surface area contributed by atoms with Gasteiger partial charge in [-0.25, -0.2) is 4.98 Å². The van der Waals surface area contributed by atoms with E-state index in [1.807, 2.05) is 24.3 Å². The van der Waals surface area contributed by atoms with Crippen LogP contribution in [0.15, 0.2) is 53.5 Å². The molecule has 0 N–H and O–H groups in total. The van der Waals surface area contributed by atoms with E-state index in [1.54, 1.807) is 23.8 Å². The molecule has 1 aliphatic rings. The number of rotatable bonds is 2. The molecule has 2 aromatic heterocycles. The monoisotopic (exact) mass is 304 g/mol. The fraction of sp³-hybridized carbons (Fsp3) is 0.158. The van der Waals surface area contributed by atoms with Gasteiger partial charge in [-0.3, -0.25) is 9.20 Å². The van der Waals surface area contributed by atoms with Gasteiger partial charge in [0, 0.05) is 11.8 Å². The Labute approximate surface area is 133 Å². The Hall–Kier alpha value is -2.88. The maximum atomic E-state index is 12.7. The van der Waals surface area contributed by atoms with E-state index >= 15 is 0 Å². The number of allylic oxidation sites excluding steroid dienone is 1. The first-order valence-electron chi connectivity index (χ1n) is 7.62. The zero-order chi connectivity index (χ0) is 15.8. The average molecular weight is 304 g/mol. The van der Waals surface area contributed by atoms with Crippen molar-refractivity contribution in [2.75, 3.05) is 7.11 Å². The first-order chi connectivity index (χ1) is 11.3. The van der Waals surface area contributed by atoms with Crippen molar-refractivity contribution in [2.45, 2.75) is 12.8 Å². The summed E-state index contributed by atoms with van der Waals surface area (Å²) in [4.78, 5) is 17.5. The predicted octanol–water partition coefficient (Wildman–Crippen LogP) is 3.19. The summed E-state index contributed by atoms with van der Waals surface area (Å²) in [5.74, 6) is 0.610. The highest BCUT2D eigenvalue weighted by molar-refractivity contribution is 5.84. The summed E-state index contributed by atoms with van der Waals surface area (Å²) < 4.78 is 6.93. The topological polar surface area (TPSA) is 43.6 Å². The second kappa shape index (κ2) is 5.39. The molecule has 0 bridgehead atoms. The highest BCUT2D eigenvalue weighted by atomic mass is 16.5. The summed E-state index contributed by atoms with van der Waals surface area (Å²) in [5, 5.41) is 0. The van der Waals surface area contributed by atoms with Crippen molar-refractivity contribution in [3.63, 3.8) is 0 Å². The molecule has 0 radical (unpaired) electrons. The quantitative estimate of drug-likeness (QED) is 0.730. The molecule has 0 unspecified atom stereocenters. The van der Waals surface area contributed by atoms with E-state index in [0.717, 1.165) is 35.2 Å². The van der Waals surface area contributed by atoms with Crippen molar-refractivity contribution in [1.29, 1.82) is 0 Å². The lowest BCUT2D eigenvalue weighted by Crippen LogP contribution is -2.20. The Morgan fingerprint density at radius 2 is 1.96 bits per heavy atom. The van der Waals surface area contributed by atoms with E-state index in [-0.39, 0.29) is 5.56 Å². The van der Waals surface area contributed by atoms with Crippen molar-refractivity contribution in [3.05, 3.63) is 75.8 Å². The maximum absolute atomic E-state index is 12.7. The molecule has 23 heavy (non-hydrogen) atoms. The van der Waals surface area contributed by atoms with Crippen LogP contribution in [0.4, 0.5) is 0 Å². The van der Waals surface area contributed by atoms with Gasteiger partial charge in [-0.1, -0.05) is 30.3 Å². The molecule has 0 aliphatic heterocycles. The van der Waals surface area contributed by atoms with Crippen LogP contribution in [0.2, 0.25) is 0 Å². The van der Waals surface area contributed by atoms with E-state index in [2.05, 4.69) is 18.2 Å². The van der Waals surface area contributed by atoms with E-state index in [0.29, 0.717) is 11.4 Å². The van der Waals surface area contributed by atoms with Crippen LogP contribution in [0.5, 0.6) is 5.75 Å². The molecule has 0 atom stereocenters. The second-order valence-corrected chi connectivity index (χ2v) is 5.59. The average Bonchev–Trinajstić information content (AvgIpc) is 2.99. The minimum absolute atomic E-state index is 0.000335. The number of aromatic nitrogens is 2. The molecular formula is C19H16N2O2. The number of pyridine rings is 1. The molecule has 4 rings (SSSR count). The fourth-order valence-electron chi connectivity index (χ4n) is 3.09. The molecule has 0 spiro atoms. The number of benzene rings is 1. The van der Waals surface area contributed by atoms with E-state index in [1.165, 1.54) is 0 Å². The van der Waals surface area contributed by atoms with E-state index in [9.17, 15) is 4.79 Å². The third-order valence-corrected chi connectivity index (χ3v) is 4.22. The maximum Gasteiger partial charge on any atom is 0.261 e. The van der Waals surface area contributed by atoms with Gasteiger partial charge >= 0.3 is 0 Å². The van der Waals surface area contributed by atoms with Crippen LogP contribution in [-0.4, -0.2) is 16.5 Å². The van der Waals surface area contributed by atoms with Crippen LogP contribution in [0, 0.1) is 0 Å². The Balaban J connectivity index is 1.95. The largest absolute Gasteiger partial charge is 0.493 e. The summed E-state index contributed by atoms with van der Waals surface area (Å²) in [6.07, 6.45) is 5.43. The zero-order valence-electron chi connectivity index (χ0n) is 12.8. The van der Waals surface area contributed by atoms with E-state index < -0.39 is 0 Å². The highest BCUT2D eigenvalue weighted by Gasteiger charge is 2.23. The van der Waals surface area contributed by atoms with Gasteiger partial charge in [-0.05, 0) is 42.2 Å². The molecule has 0 saturated heterocycles.